The molecule has 9 heteroatoms. The Morgan fingerprint density at radius 1 is 1.43 bits per heavy atom. The Labute approximate surface area is 136 Å². The van der Waals surface area contributed by atoms with E-state index in [0.29, 0.717) is 16.7 Å². The Hall–Kier alpha value is -2.42. The van der Waals surface area contributed by atoms with Gasteiger partial charge in [0, 0.05) is 5.92 Å². The summed E-state index contributed by atoms with van der Waals surface area (Å²) in [6.07, 6.45) is 3.21. The molecule has 0 saturated heterocycles. The minimum atomic E-state index is -0.616. The van der Waals surface area contributed by atoms with Gasteiger partial charge in [-0.2, -0.15) is 0 Å². The highest BCUT2D eigenvalue weighted by Gasteiger charge is 2.28. The summed E-state index contributed by atoms with van der Waals surface area (Å²) >= 11 is 1.15. The summed E-state index contributed by atoms with van der Waals surface area (Å²) in [6.45, 7) is 2.17. The van der Waals surface area contributed by atoms with Gasteiger partial charge in [-0.1, -0.05) is 0 Å². The quantitative estimate of drug-likeness (QED) is 0.839. The van der Waals surface area contributed by atoms with Gasteiger partial charge in [-0.05, 0) is 19.8 Å². The lowest BCUT2D eigenvalue weighted by Gasteiger charge is -2.05. The molecule has 23 heavy (non-hydrogen) atoms. The number of carbonyl (C=O) groups is 2. The first-order valence-corrected chi connectivity index (χ1v) is 8.15. The van der Waals surface area contributed by atoms with Gasteiger partial charge < -0.3 is 14.5 Å². The molecule has 0 atom stereocenters. The Balaban J connectivity index is 1.57. The van der Waals surface area contributed by atoms with Crippen LogP contribution in [0, 0.1) is 0 Å². The zero-order valence-corrected chi connectivity index (χ0v) is 13.3. The van der Waals surface area contributed by atoms with Crippen LogP contribution in [0.2, 0.25) is 0 Å². The molecule has 0 spiro atoms. The van der Waals surface area contributed by atoms with Crippen LogP contribution in [0.15, 0.2) is 16.1 Å². The van der Waals surface area contributed by atoms with Crippen LogP contribution in [0.25, 0.3) is 0 Å². The SMILES string of the molecule is CCOC(=O)Nc1scnc1C(=O)NCc1cnc(C2CC2)o1. The van der Waals surface area contributed by atoms with Gasteiger partial charge in [-0.15, -0.1) is 11.3 Å². The third kappa shape index (κ3) is 3.86. The molecule has 0 radical (unpaired) electrons. The topological polar surface area (TPSA) is 106 Å². The number of oxazole rings is 1. The first-order chi connectivity index (χ1) is 11.2. The van der Waals surface area contributed by atoms with Crippen molar-refractivity contribution in [3.63, 3.8) is 0 Å². The monoisotopic (exact) mass is 336 g/mol. The normalized spacial score (nSPS) is 13.6. The number of hydrogen-bond acceptors (Lipinski definition) is 7. The van der Waals surface area contributed by atoms with Crippen LogP contribution in [0.3, 0.4) is 0 Å². The van der Waals surface area contributed by atoms with E-state index >= 15 is 0 Å². The maximum Gasteiger partial charge on any atom is 0.412 e. The molecule has 2 aromatic rings. The van der Waals surface area contributed by atoms with Gasteiger partial charge in [0.2, 0.25) is 0 Å². The molecule has 1 fully saturated rings. The number of ether oxygens (including phenoxy) is 1. The molecule has 2 aromatic heterocycles. The molecule has 2 heterocycles. The number of aromatic nitrogens is 2. The zero-order valence-electron chi connectivity index (χ0n) is 12.5. The highest BCUT2D eigenvalue weighted by molar-refractivity contribution is 7.14. The van der Waals surface area contributed by atoms with E-state index in [1.54, 1.807) is 13.1 Å². The van der Waals surface area contributed by atoms with E-state index in [0.717, 1.165) is 30.1 Å². The first kappa shape index (κ1) is 15.5. The molecule has 1 aliphatic carbocycles. The van der Waals surface area contributed by atoms with Crippen LogP contribution < -0.4 is 10.6 Å². The summed E-state index contributed by atoms with van der Waals surface area (Å²) in [5, 5.41) is 5.54. The zero-order chi connectivity index (χ0) is 16.2. The molecule has 2 amide bonds. The second kappa shape index (κ2) is 6.78. The van der Waals surface area contributed by atoms with Crippen LogP contribution in [0.4, 0.5) is 9.80 Å². The van der Waals surface area contributed by atoms with Crippen molar-refractivity contribution in [2.24, 2.45) is 0 Å². The van der Waals surface area contributed by atoms with E-state index in [1.807, 2.05) is 0 Å². The Kier molecular flexibility index (Phi) is 4.56. The molecule has 0 aromatic carbocycles. The van der Waals surface area contributed by atoms with Gasteiger partial charge in [0.15, 0.2) is 11.6 Å². The fourth-order valence-corrected chi connectivity index (χ4v) is 2.59. The maximum absolute atomic E-state index is 12.2. The molecule has 3 rings (SSSR count). The first-order valence-electron chi connectivity index (χ1n) is 7.27. The smallest absolute Gasteiger partial charge is 0.412 e. The minimum Gasteiger partial charge on any atom is -0.450 e. The van der Waals surface area contributed by atoms with Gasteiger partial charge in [0.05, 0.1) is 24.9 Å². The van der Waals surface area contributed by atoms with E-state index in [-0.39, 0.29) is 18.8 Å². The standard InChI is InChI=1S/C14H16N4O4S/c1-2-21-14(20)18-13-10(17-7-23-13)11(19)15-5-9-6-16-12(22-9)8-3-4-8/h6-8H,2-5H2,1H3,(H,15,19)(H,18,20). The van der Waals surface area contributed by atoms with Crippen molar-refractivity contribution in [1.29, 1.82) is 0 Å². The Morgan fingerprint density at radius 3 is 3.00 bits per heavy atom. The number of thiazole rings is 1. The lowest BCUT2D eigenvalue weighted by Crippen LogP contribution is -2.24. The summed E-state index contributed by atoms with van der Waals surface area (Å²) in [5.41, 5.74) is 1.63. The number of anilines is 1. The second-order valence-electron chi connectivity index (χ2n) is 5.00. The average Bonchev–Trinajstić information content (AvgIpc) is 3.09. The Morgan fingerprint density at radius 2 is 2.26 bits per heavy atom. The molecule has 1 aliphatic rings. The average molecular weight is 336 g/mol. The lowest BCUT2D eigenvalue weighted by molar-refractivity contribution is 0.0944. The van der Waals surface area contributed by atoms with E-state index in [4.69, 9.17) is 9.15 Å². The fraction of sp³-hybridized carbons (Fsp3) is 0.429. The van der Waals surface area contributed by atoms with Gasteiger partial charge in [-0.3, -0.25) is 10.1 Å². The van der Waals surface area contributed by atoms with Crippen molar-refractivity contribution in [3.8, 4) is 0 Å². The third-order valence-corrected chi connectivity index (χ3v) is 3.94. The van der Waals surface area contributed by atoms with Crippen molar-refractivity contribution in [1.82, 2.24) is 15.3 Å². The number of hydrogen-bond donors (Lipinski definition) is 2. The second-order valence-corrected chi connectivity index (χ2v) is 5.85. The molecule has 122 valence electrons. The van der Waals surface area contributed by atoms with E-state index in [2.05, 4.69) is 20.6 Å². The highest BCUT2D eigenvalue weighted by Crippen LogP contribution is 2.39. The lowest BCUT2D eigenvalue weighted by atomic mass is 10.4. The molecule has 1 saturated carbocycles. The third-order valence-electron chi connectivity index (χ3n) is 3.19. The molecule has 0 bridgehead atoms. The summed E-state index contributed by atoms with van der Waals surface area (Å²) in [4.78, 5) is 31.8. The predicted octanol–water partition coefficient (Wildman–Crippen LogP) is 2.51. The van der Waals surface area contributed by atoms with Crippen LogP contribution >= 0.6 is 11.3 Å². The van der Waals surface area contributed by atoms with Crippen LogP contribution in [-0.2, 0) is 11.3 Å². The Bertz CT molecular complexity index is 707. The largest absolute Gasteiger partial charge is 0.450 e. The molecule has 0 aliphatic heterocycles. The number of rotatable bonds is 6. The molecular formula is C14H16N4O4S. The molecule has 2 N–H and O–H groups in total. The predicted molar refractivity (Wildman–Crippen MR) is 82.4 cm³/mol. The van der Waals surface area contributed by atoms with Crippen LogP contribution in [0.1, 0.15) is 47.8 Å². The van der Waals surface area contributed by atoms with Gasteiger partial charge in [-0.25, -0.2) is 14.8 Å². The molecular weight excluding hydrogens is 320 g/mol. The van der Waals surface area contributed by atoms with Crippen molar-refractivity contribution < 1.29 is 18.7 Å². The molecule has 0 unspecified atom stereocenters. The van der Waals surface area contributed by atoms with E-state index < -0.39 is 12.0 Å². The van der Waals surface area contributed by atoms with Crippen LogP contribution in [0.5, 0.6) is 0 Å². The highest BCUT2D eigenvalue weighted by atomic mass is 32.1. The summed E-state index contributed by atoms with van der Waals surface area (Å²) in [7, 11) is 0. The van der Waals surface area contributed by atoms with Gasteiger partial charge in [0.25, 0.3) is 5.91 Å². The van der Waals surface area contributed by atoms with Gasteiger partial charge in [0.1, 0.15) is 10.8 Å². The van der Waals surface area contributed by atoms with Gasteiger partial charge >= 0.3 is 6.09 Å². The van der Waals surface area contributed by atoms with Crippen LogP contribution in [-0.4, -0.2) is 28.6 Å². The van der Waals surface area contributed by atoms with E-state index in [9.17, 15) is 9.59 Å². The maximum atomic E-state index is 12.2. The summed E-state index contributed by atoms with van der Waals surface area (Å²) < 4.78 is 10.4. The number of nitrogens with zero attached hydrogens (tertiary/aromatic N) is 2. The van der Waals surface area contributed by atoms with Crippen molar-refractivity contribution in [2.75, 3.05) is 11.9 Å². The summed E-state index contributed by atoms with van der Waals surface area (Å²) in [6, 6.07) is 0. The van der Waals surface area contributed by atoms with Crippen molar-refractivity contribution in [3.05, 3.63) is 29.1 Å². The molecule has 8 nitrogen and oxygen atoms in total. The van der Waals surface area contributed by atoms with Crippen molar-refractivity contribution >= 4 is 28.3 Å². The van der Waals surface area contributed by atoms with Crippen molar-refractivity contribution in [2.45, 2.75) is 32.2 Å². The number of nitrogens with one attached hydrogen (secondary N) is 2. The minimum absolute atomic E-state index is 0.144. The number of amides is 2. The number of carbonyl (C=O) groups excluding carboxylic acids is 2. The summed E-state index contributed by atoms with van der Waals surface area (Å²) in [5.74, 6) is 1.35. The fourth-order valence-electron chi connectivity index (χ4n) is 1.93. The van der Waals surface area contributed by atoms with E-state index in [1.165, 1.54) is 5.51 Å².